The van der Waals surface area contributed by atoms with Crippen molar-refractivity contribution < 1.29 is 4.79 Å². The largest absolute Gasteiger partial charge is 0.355 e. The van der Waals surface area contributed by atoms with Crippen molar-refractivity contribution in [2.45, 2.75) is 58.0 Å². The van der Waals surface area contributed by atoms with E-state index in [-0.39, 0.29) is 5.91 Å². The molecule has 1 aromatic carbocycles. The minimum atomic E-state index is 0.159. The van der Waals surface area contributed by atoms with E-state index >= 15 is 0 Å². The van der Waals surface area contributed by atoms with E-state index in [9.17, 15) is 4.79 Å². The highest BCUT2D eigenvalue weighted by molar-refractivity contribution is 5.76. The van der Waals surface area contributed by atoms with Crippen molar-refractivity contribution in [1.29, 1.82) is 0 Å². The molecule has 3 heteroatoms. The average Bonchev–Trinajstić information content (AvgIpc) is 2.43. The van der Waals surface area contributed by atoms with Gasteiger partial charge in [-0.1, -0.05) is 36.2 Å². The van der Waals surface area contributed by atoms with Crippen LogP contribution in [-0.4, -0.2) is 24.5 Å². The quantitative estimate of drug-likeness (QED) is 0.866. The zero-order chi connectivity index (χ0) is 14.4. The van der Waals surface area contributed by atoms with Crippen LogP contribution in [0.4, 0.5) is 0 Å². The molecule has 0 aromatic heterocycles. The van der Waals surface area contributed by atoms with E-state index in [1.165, 1.54) is 30.4 Å². The Bertz CT molecular complexity index is 444. The molecule has 1 heterocycles. The molecule has 1 fully saturated rings. The molecule has 2 N–H and O–H groups in total. The fourth-order valence-corrected chi connectivity index (χ4v) is 2.85. The Morgan fingerprint density at radius 3 is 3.00 bits per heavy atom. The van der Waals surface area contributed by atoms with Gasteiger partial charge in [0.05, 0.1) is 0 Å². The zero-order valence-electron chi connectivity index (χ0n) is 12.6. The molecule has 1 saturated heterocycles. The van der Waals surface area contributed by atoms with Crippen molar-refractivity contribution >= 4 is 5.91 Å². The summed E-state index contributed by atoms with van der Waals surface area (Å²) >= 11 is 0. The summed E-state index contributed by atoms with van der Waals surface area (Å²) < 4.78 is 0. The number of hydrogen-bond donors (Lipinski definition) is 2. The molecular formula is C17H26N2O. The number of carbonyl (C=O) groups excluding carboxylic acids is 1. The summed E-state index contributed by atoms with van der Waals surface area (Å²) in [7, 11) is 0. The first kappa shape index (κ1) is 15.0. The lowest BCUT2D eigenvalue weighted by atomic mass is 9.99. The van der Waals surface area contributed by atoms with E-state index in [4.69, 9.17) is 0 Å². The summed E-state index contributed by atoms with van der Waals surface area (Å²) in [6.45, 7) is 5.06. The highest BCUT2D eigenvalue weighted by Crippen LogP contribution is 2.11. The maximum atomic E-state index is 11.9. The van der Waals surface area contributed by atoms with Crippen molar-refractivity contribution in [3.05, 3.63) is 35.4 Å². The molecule has 20 heavy (non-hydrogen) atoms. The monoisotopic (exact) mass is 274 g/mol. The van der Waals surface area contributed by atoms with E-state index in [0.29, 0.717) is 18.5 Å². The number of aryl methyl sites for hydroxylation is 2. The summed E-state index contributed by atoms with van der Waals surface area (Å²) in [5.41, 5.74) is 2.49. The number of hydrogen-bond acceptors (Lipinski definition) is 2. The number of piperidine rings is 1. The summed E-state index contributed by atoms with van der Waals surface area (Å²) in [5.74, 6) is 0.159. The van der Waals surface area contributed by atoms with Crippen molar-refractivity contribution in [2.24, 2.45) is 0 Å². The van der Waals surface area contributed by atoms with Crippen LogP contribution < -0.4 is 10.6 Å². The van der Waals surface area contributed by atoms with Gasteiger partial charge in [0.2, 0.25) is 5.91 Å². The van der Waals surface area contributed by atoms with Gasteiger partial charge in [0.1, 0.15) is 0 Å². The van der Waals surface area contributed by atoms with Crippen LogP contribution in [0.15, 0.2) is 24.3 Å². The second kappa shape index (κ2) is 7.44. The molecule has 1 aliphatic heterocycles. The molecule has 1 aliphatic rings. The van der Waals surface area contributed by atoms with Gasteiger partial charge in [0.25, 0.3) is 0 Å². The number of rotatable bonds is 5. The van der Waals surface area contributed by atoms with Gasteiger partial charge >= 0.3 is 0 Å². The van der Waals surface area contributed by atoms with Crippen molar-refractivity contribution in [1.82, 2.24) is 10.6 Å². The third-order valence-electron chi connectivity index (χ3n) is 3.98. The molecule has 2 unspecified atom stereocenters. The van der Waals surface area contributed by atoms with E-state index < -0.39 is 0 Å². The Morgan fingerprint density at radius 1 is 1.40 bits per heavy atom. The van der Waals surface area contributed by atoms with E-state index in [2.05, 4.69) is 48.7 Å². The topological polar surface area (TPSA) is 41.1 Å². The molecule has 1 amide bonds. The highest BCUT2D eigenvalue weighted by atomic mass is 16.1. The average molecular weight is 274 g/mol. The highest BCUT2D eigenvalue weighted by Gasteiger charge is 2.17. The third-order valence-corrected chi connectivity index (χ3v) is 3.98. The molecule has 3 nitrogen and oxygen atoms in total. The van der Waals surface area contributed by atoms with Crippen LogP contribution in [-0.2, 0) is 11.2 Å². The second-order valence-corrected chi connectivity index (χ2v) is 5.99. The molecule has 0 aliphatic carbocycles. The fourth-order valence-electron chi connectivity index (χ4n) is 2.85. The van der Waals surface area contributed by atoms with Crippen LogP contribution in [0.1, 0.15) is 43.7 Å². The van der Waals surface area contributed by atoms with Crippen molar-refractivity contribution in [3.8, 4) is 0 Å². The smallest absolute Gasteiger partial charge is 0.220 e. The Kier molecular flexibility index (Phi) is 5.60. The molecule has 0 bridgehead atoms. The SMILES string of the molecule is Cc1cccc(CCC(=O)NCC2CCCC(C)N2)c1. The van der Waals surface area contributed by atoms with Crippen LogP contribution in [0.3, 0.4) is 0 Å². The Hall–Kier alpha value is -1.35. The molecule has 0 saturated carbocycles. The van der Waals surface area contributed by atoms with Gasteiger partial charge < -0.3 is 10.6 Å². The maximum Gasteiger partial charge on any atom is 0.220 e. The third kappa shape index (κ3) is 4.97. The first-order chi connectivity index (χ1) is 9.63. The van der Waals surface area contributed by atoms with Crippen LogP contribution in [0.5, 0.6) is 0 Å². The normalized spacial score (nSPS) is 22.5. The van der Waals surface area contributed by atoms with Crippen molar-refractivity contribution in [3.63, 3.8) is 0 Å². The van der Waals surface area contributed by atoms with Crippen LogP contribution in [0.2, 0.25) is 0 Å². The van der Waals surface area contributed by atoms with Gasteiger partial charge in [-0.15, -0.1) is 0 Å². The molecular weight excluding hydrogens is 248 g/mol. The summed E-state index contributed by atoms with van der Waals surface area (Å²) in [4.78, 5) is 11.9. The van der Waals surface area contributed by atoms with Gasteiger partial charge in [0.15, 0.2) is 0 Å². The van der Waals surface area contributed by atoms with Gasteiger partial charge in [-0.3, -0.25) is 4.79 Å². The zero-order valence-corrected chi connectivity index (χ0v) is 12.6. The van der Waals surface area contributed by atoms with E-state index in [0.717, 1.165) is 13.0 Å². The van der Waals surface area contributed by atoms with E-state index in [1.54, 1.807) is 0 Å². The number of nitrogens with one attached hydrogen (secondary N) is 2. The molecule has 2 rings (SSSR count). The van der Waals surface area contributed by atoms with Crippen LogP contribution >= 0.6 is 0 Å². The Balaban J connectivity index is 1.67. The lowest BCUT2D eigenvalue weighted by Crippen LogP contribution is -2.47. The van der Waals surface area contributed by atoms with Crippen LogP contribution in [0.25, 0.3) is 0 Å². The predicted molar refractivity (Wildman–Crippen MR) is 82.7 cm³/mol. The summed E-state index contributed by atoms with van der Waals surface area (Å²) in [6, 6.07) is 9.40. The van der Waals surface area contributed by atoms with E-state index in [1.807, 2.05) is 0 Å². The van der Waals surface area contributed by atoms with Gasteiger partial charge in [-0.2, -0.15) is 0 Å². The molecule has 2 atom stereocenters. The minimum Gasteiger partial charge on any atom is -0.355 e. The standard InChI is InChI=1S/C17H26N2O/c1-13-5-3-7-15(11-13)9-10-17(20)18-12-16-8-4-6-14(2)19-16/h3,5,7,11,14,16,19H,4,6,8-10,12H2,1-2H3,(H,18,20). The Morgan fingerprint density at radius 2 is 2.25 bits per heavy atom. The number of amides is 1. The first-order valence-electron chi connectivity index (χ1n) is 7.72. The Labute approximate surface area is 122 Å². The summed E-state index contributed by atoms with van der Waals surface area (Å²) in [5, 5.41) is 6.59. The van der Waals surface area contributed by atoms with Gasteiger partial charge in [-0.25, -0.2) is 0 Å². The molecule has 1 aromatic rings. The lowest BCUT2D eigenvalue weighted by Gasteiger charge is -2.28. The van der Waals surface area contributed by atoms with Gasteiger partial charge in [-0.05, 0) is 38.7 Å². The number of carbonyl (C=O) groups is 1. The number of benzene rings is 1. The van der Waals surface area contributed by atoms with Crippen LogP contribution in [0, 0.1) is 6.92 Å². The van der Waals surface area contributed by atoms with Crippen molar-refractivity contribution in [2.75, 3.05) is 6.54 Å². The molecule has 0 spiro atoms. The van der Waals surface area contributed by atoms with Gasteiger partial charge in [0, 0.05) is 25.0 Å². The second-order valence-electron chi connectivity index (χ2n) is 5.99. The molecule has 0 radical (unpaired) electrons. The fraction of sp³-hybridized carbons (Fsp3) is 0.588. The maximum absolute atomic E-state index is 11.9. The minimum absolute atomic E-state index is 0.159. The molecule has 110 valence electrons. The first-order valence-corrected chi connectivity index (χ1v) is 7.72. The lowest BCUT2D eigenvalue weighted by molar-refractivity contribution is -0.121. The predicted octanol–water partition coefficient (Wildman–Crippen LogP) is 2.57. The summed E-state index contributed by atoms with van der Waals surface area (Å²) in [6.07, 6.45) is 5.08.